The fourth-order valence-corrected chi connectivity index (χ4v) is 2.17. The molecule has 2 amide bonds. The van der Waals surface area contributed by atoms with Crippen LogP contribution in [0.25, 0.3) is 0 Å². The number of hydrogen-bond donors (Lipinski definition) is 3. The molecule has 6 heteroatoms. The number of carbonyl (C=O) groups is 2. The molecule has 0 aliphatic carbocycles. The molecule has 0 saturated heterocycles. The van der Waals surface area contributed by atoms with Gasteiger partial charge in [-0.2, -0.15) is 0 Å². The minimum Gasteiger partial charge on any atom is -0.326 e. The zero-order valence-electron chi connectivity index (χ0n) is 10.8. The lowest BCUT2D eigenvalue weighted by Gasteiger charge is -2.19. The van der Waals surface area contributed by atoms with Crippen LogP contribution in [0.2, 0.25) is 0 Å². The molecule has 0 saturated carbocycles. The number of likely N-dealkylation sites (N-methyl/N-ethyl adjacent to an activating group) is 1. The summed E-state index contributed by atoms with van der Waals surface area (Å²) >= 11 is 0. The predicted molar refractivity (Wildman–Crippen MR) is 72.0 cm³/mol. The van der Waals surface area contributed by atoms with Gasteiger partial charge in [0.2, 0.25) is 5.91 Å². The Bertz CT molecular complexity index is 513. The summed E-state index contributed by atoms with van der Waals surface area (Å²) in [5.41, 5.74) is 8.70. The highest BCUT2D eigenvalue weighted by Crippen LogP contribution is 2.23. The third-order valence-corrected chi connectivity index (χ3v) is 3.19. The second-order valence-electron chi connectivity index (χ2n) is 4.80. The fourth-order valence-electron chi connectivity index (χ4n) is 2.17. The SMILES string of the molecule is CN(N)C(=O)C(N)Cc1ccc2c(c1)CCC(=O)N2. The van der Waals surface area contributed by atoms with Crippen molar-refractivity contribution < 1.29 is 9.59 Å². The lowest BCUT2D eigenvalue weighted by atomic mass is 9.97. The number of nitrogens with two attached hydrogens (primary N) is 2. The van der Waals surface area contributed by atoms with E-state index in [1.807, 2.05) is 18.2 Å². The zero-order valence-corrected chi connectivity index (χ0v) is 10.8. The molecule has 0 aromatic heterocycles. The highest BCUT2D eigenvalue weighted by Gasteiger charge is 2.19. The van der Waals surface area contributed by atoms with Crippen molar-refractivity contribution in [1.29, 1.82) is 0 Å². The van der Waals surface area contributed by atoms with Crippen molar-refractivity contribution in [3.8, 4) is 0 Å². The maximum Gasteiger partial charge on any atom is 0.253 e. The van der Waals surface area contributed by atoms with Gasteiger partial charge in [-0.05, 0) is 30.0 Å². The molecule has 1 atom stereocenters. The van der Waals surface area contributed by atoms with Crippen LogP contribution >= 0.6 is 0 Å². The van der Waals surface area contributed by atoms with Gasteiger partial charge in [0.1, 0.15) is 0 Å². The van der Waals surface area contributed by atoms with E-state index in [-0.39, 0.29) is 11.8 Å². The van der Waals surface area contributed by atoms with E-state index in [9.17, 15) is 9.59 Å². The molecule has 1 aromatic carbocycles. The van der Waals surface area contributed by atoms with E-state index in [4.69, 9.17) is 11.6 Å². The standard InChI is InChI=1S/C13H18N4O2/c1-17(15)13(19)10(14)7-8-2-4-11-9(6-8)3-5-12(18)16-11/h2,4,6,10H,3,5,7,14-15H2,1H3,(H,16,18). The minimum atomic E-state index is -0.647. The van der Waals surface area contributed by atoms with Gasteiger partial charge in [-0.1, -0.05) is 12.1 Å². The molecule has 19 heavy (non-hydrogen) atoms. The van der Waals surface area contributed by atoms with Gasteiger partial charge in [-0.3, -0.25) is 14.6 Å². The van der Waals surface area contributed by atoms with Crippen LogP contribution in [-0.4, -0.2) is 29.9 Å². The van der Waals surface area contributed by atoms with Crippen LogP contribution in [0.3, 0.4) is 0 Å². The number of rotatable bonds is 3. The van der Waals surface area contributed by atoms with Crippen molar-refractivity contribution in [1.82, 2.24) is 5.01 Å². The van der Waals surface area contributed by atoms with Gasteiger partial charge in [0.25, 0.3) is 5.91 Å². The maximum absolute atomic E-state index is 11.6. The number of aryl methyl sites for hydroxylation is 1. The third-order valence-electron chi connectivity index (χ3n) is 3.19. The smallest absolute Gasteiger partial charge is 0.253 e. The molecular weight excluding hydrogens is 244 g/mol. The molecule has 2 rings (SSSR count). The Labute approximate surface area is 111 Å². The van der Waals surface area contributed by atoms with Crippen LogP contribution in [0.5, 0.6) is 0 Å². The Morgan fingerprint density at radius 2 is 2.21 bits per heavy atom. The molecule has 1 aromatic rings. The largest absolute Gasteiger partial charge is 0.326 e. The van der Waals surface area contributed by atoms with Crippen LogP contribution in [0, 0.1) is 0 Å². The number of fused-ring (bicyclic) bond motifs is 1. The molecule has 102 valence electrons. The van der Waals surface area contributed by atoms with Gasteiger partial charge in [0.15, 0.2) is 0 Å². The number of hydrogen-bond acceptors (Lipinski definition) is 4. The van der Waals surface area contributed by atoms with Crippen LogP contribution < -0.4 is 16.9 Å². The topological polar surface area (TPSA) is 101 Å². The lowest BCUT2D eigenvalue weighted by Crippen LogP contribution is -2.46. The molecule has 0 fully saturated rings. The monoisotopic (exact) mass is 262 g/mol. The van der Waals surface area contributed by atoms with Crippen molar-refractivity contribution >= 4 is 17.5 Å². The van der Waals surface area contributed by atoms with Crippen molar-refractivity contribution in [3.63, 3.8) is 0 Å². The minimum absolute atomic E-state index is 0.0388. The van der Waals surface area contributed by atoms with Gasteiger partial charge in [0, 0.05) is 19.2 Å². The summed E-state index contributed by atoms with van der Waals surface area (Å²) in [5, 5.41) is 3.82. The summed E-state index contributed by atoms with van der Waals surface area (Å²) in [7, 11) is 1.48. The van der Waals surface area contributed by atoms with Crippen molar-refractivity contribution in [2.24, 2.45) is 11.6 Å². The summed E-state index contributed by atoms with van der Waals surface area (Å²) in [5.74, 6) is 5.11. The summed E-state index contributed by atoms with van der Waals surface area (Å²) in [6, 6.07) is 5.06. The molecule has 0 bridgehead atoms. The molecule has 0 radical (unpaired) electrons. The number of anilines is 1. The highest BCUT2D eigenvalue weighted by atomic mass is 16.2. The Morgan fingerprint density at radius 3 is 2.89 bits per heavy atom. The van der Waals surface area contributed by atoms with Gasteiger partial charge < -0.3 is 11.1 Å². The first-order chi connectivity index (χ1) is 8.97. The van der Waals surface area contributed by atoms with E-state index in [0.29, 0.717) is 12.8 Å². The summed E-state index contributed by atoms with van der Waals surface area (Å²) in [6.45, 7) is 0. The van der Waals surface area contributed by atoms with Crippen LogP contribution in [0.1, 0.15) is 17.5 Å². The van der Waals surface area contributed by atoms with Crippen LogP contribution in [-0.2, 0) is 22.4 Å². The predicted octanol–water partition coefficient (Wildman–Crippen LogP) is -0.227. The fraction of sp³-hybridized carbons (Fsp3) is 0.385. The first kappa shape index (κ1) is 13.5. The first-order valence-corrected chi connectivity index (χ1v) is 6.17. The van der Waals surface area contributed by atoms with Crippen LogP contribution in [0.4, 0.5) is 5.69 Å². The highest BCUT2D eigenvalue weighted by molar-refractivity contribution is 5.93. The Kier molecular flexibility index (Phi) is 3.82. The second kappa shape index (κ2) is 5.38. The van der Waals surface area contributed by atoms with E-state index >= 15 is 0 Å². The number of benzene rings is 1. The van der Waals surface area contributed by atoms with Crippen LogP contribution in [0.15, 0.2) is 18.2 Å². The quantitative estimate of drug-likeness (QED) is 0.398. The van der Waals surface area contributed by atoms with Gasteiger partial charge >= 0.3 is 0 Å². The van der Waals surface area contributed by atoms with E-state index in [0.717, 1.165) is 28.2 Å². The number of nitrogens with zero attached hydrogens (tertiary/aromatic N) is 1. The lowest BCUT2D eigenvalue weighted by molar-refractivity contribution is -0.131. The normalized spacial score (nSPS) is 15.4. The van der Waals surface area contributed by atoms with E-state index in [2.05, 4.69) is 5.32 Å². The maximum atomic E-state index is 11.6. The third kappa shape index (κ3) is 3.10. The van der Waals surface area contributed by atoms with E-state index < -0.39 is 6.04 Å². The Morgan fingerprint density at radius 1 is 1.47 bits per heavy atom. The number of hydrazine groups is 1. The van der Waals surface area contributed by atoms with Gasteiger partial charge in [0.05, 0.1) is 6.04 Å². The number of amides is 2. The molecular formula is C13H18N4O2. The first-order valence-electron chi connectivity index (χ1n) is 6.17. The Hall–Kier alpha value is -1.92. The molecule has 5 N–H and O–H groups in total. The molecule has 1 aliphatic heterocycles. The molecule has 6 nitrogen and oxygen atoms in total. The molecule has 0 spiro atoms. The zero-order chi connectivity index (χ0) is 14.0. The van der Waals surface area contributed by atoms with Crippen molar-refractivity contribution in [3.05, 3.63) is 29.3 Å². The molecule has 1 heterocycles. The Balaban J connectivity index is 2.10. The average molecular weight is 262 g/mol. The second-order valence-corrected chi connectivity index (χ2v) is 4.80. The van der Waals surface area contributed by atoms with Gasteiger partial charge in [-0.15, -0.1) is 0 Å². The van der Waals surface area contributed by atoms with Gasteiger partial charge in [-0.25, -0.2) is 5.84 Å². The number of carbonyl (C=O) groups excluding carboxylic acids is 2. The summed E-state index contributed by atoms with van der Waals surface area (Å²) < 4.78 is 0. The summed E-state index contributed by atoms with van der Waals surface area (Å²) in [4.78, 5) is 22.9. The average Bonchev–Trinajstić information content (AvgIpc) is 2.37. The van der Waals surface area contributed by atoms with E-state index in [1.54, 1.807) is 0 Å². The van der Waals surface area contributed by atoms with Crippen molar-refractivity contribution in [2.75, 3.05) is 12.4 Å². The summed E-state index contributed by atoms with van der Waals surface area (Å²) in [6.07, 6.45) is 1.64. The molecule has 1 aliphatic rings. The van der Waals surface area contributed by atoms with E-state index in [1.165, 1.54) is 7.05 Å². The molecule has 1 unspecified atom stereocenters. The van der Waals surface area contributed by atoms with Crippen molar-refractivity contribution in [2.45, 2.75) is 25.3 Å². The number of nitrogens with one attached hydrogen (secondary N) is 1.